The van der Waals surface area contributed by atoms with Crippen LogP contribution in [0.3, 0.4) is 0 Å². The molecule has 31 heavy (non-hydrogen) atoms. The number of halogens is 3. The Bertz CT molecular complexity index is 1040. The normalized spacial score (nSPS) is 33.1. The molecule has 5 atom stereocenters. The number of anilines is 1. The molecule has 2 aromatic carbocycles. The van der Waals surface area contributed by atoms with Gasteiger partial charge in [-0.05, 0) is 78.3 Å². The fourth-order valence-corrected chi connectivity index (χ4v) is 7.14. The number of piperazine rings is 1. The minimum Gasteiger partial charge on any atom is -0.360 e. The van der Waals surface area contributed by atoms with Crippen LogP contribution in [0.5, 0.6) is 0 Å². The average Bonchev–Trinajstić information content (AvgIpc) is 3.64. The van der Waals surface area contributed by atoms with E-state index in [9.17, 15) is 4.79 Å². The first kappa shape index (κ1) is 20.2. The summed E-state index contributed by atoms with van der Waals surface area (Å²) >= 11 is 18.8. The Kier molecular flexibility index (Phi) is 4.76. The van der Waals surface area contributed by atoms with Gasteiger partial charge in [0.05, 0.1) is 16.8 Å². The first-order valence-corrected chi connectivity index (χ1v) is 12.3. The maximum Gasteiger partial charge on any atom is 0.223 e. The van der Waals surface area contributed by atoms with Gasteiger partial charge in [-0.1, -0.05) is 46.9 Å². The minimum atomic E-state index is 0.0258. The third-order valence-corrected chi connectivity index (χ3v) is 9.05. The number of rotatable bonds is 4. The molecular weight excluding hydrogens is 451 g/mol. The van der Waals surface area contributed by atoms with Crippen molar-refractivity contribution in [1.29, 1.82) is 0 Å². The Balaban J connectivity index is 1.23. The van der Waals surface area contributed by atoms with Gasteiger partial charge >= 0.3 is 0 Å². The Labute approximate surface area is 198 Å². The van der Waals surface area contributed by atoms with Crippen LogP contribution in [0.25, 0.3) is 0 Å². The zero-order chi connectivity index (χ0) is 21.3. The van der Waals surface area contributed by atoms with Gasteiger partial charge in [0.1, 0.15) is 0 Å². The summed E-state index contributed by atoms with van der Waals surface area (Å²) in [5.41, 5.74) is 2.78. The van der Waals surface area contributed by atoms with Crippen LogP contribution >= 0.6 is 34.8 Å². The van der Waals surface area contributed by atoms with Gasteiger partial charge in [0.15, 0.2) is 0 Å². The Morgan fingerprint density at radius 2 is 1.77 bits per heavy atom. The van der Waals surface area contributed by atoms with E-state index in [0.717, 1.165) is 36.1 Å². The lowest BCUT2D eigenvalue weighted by Crippen LogP contribution is -2.51. The van der Waals surface area contributed by atoms with Crippen LogP contribution in [0.2, 0.25) is 15.1 Å². The smallest absolute Gasteiger partial charge is 0.223 e. The number of hydrogen-bond acceptors (Lipinski definition) is 2. The molecule has 2 unspecified atom stereocenters. The van der Waals surface area contributed by atoms with Crippen LogP contribution in [0, 0.1) is 23.2 Å². The summed E-state index contributed by atoms with van der Waals surface area (Å²) in [5.74, 6) is 2.70. The molecule has 1 heterocycles. The molecule has 6 heteroatoms. The molecule has 2 aromatic rings. The molecule has 0 N–H and O–H groups in total. The third kappa shape index (κ3) is 3.44. The Morgan fingerprint density at radius 1 is 1.00 bits per heavy atom. The summed E-state index contributed by atoms with van der Waals surface area (Å²) in [6.07, 6.45) is 4.81. The highest BCUT2D eigenvalue weighted by atomic mass is 35.5. The number of amides is 1. The molecule has 4 aliphatic rings. The van der Waals surface area contributed by atoms with E-state index >= 15 is 0 Å². The number of carbonyl (C=O) groups excluding carboxylic acids is 1. The van der Waals surface area contributed by atoms with Gasteiger partial charge in [0.25, 0.3) is 0 Å². The van der Waals surface area contributed by atoms with Crippen molar-refractivity contribution in [3.8, 4) is 0 Å². The maximum absolute atomic E-state index is 13.3. The number of hydrogen-bond donors (Lipinski definition) is 0. The van der Waals surface area contributed by atoms with Gasteiger partial charge in [0.2, 0.25) is 5.91 Å². The quantitative estimate of drug-likeness (QED) is 0.506. The second-order valence-corrected chi connectivity index (χ2v) is 11.1. The third-order valence-electron chi connectivity index (χ3n) is 8.26. The average molecular weight is 476 g/mol. The largest absolute Gasteiger partial charge is 0.360 e. The predicted octanol–water partition coefficient (Wildman–Crippen LogP) is 6.47. The summed E-state index contributed by atoms with van der Waals surface area (Å²) in [4.78, 5) is 17.6. The number of benzene rings is 2. The topological polar surface area (TPSA) is 23.6 Å². The molecule has 1 aliphatic heterocycles. The first-order valence-electron chi connectivity index (χ1n) is 11.2. The molecule has 3 aliphatic carbocycles. The lowest BCUT2D eigenvalue weighted by atomic mass is 9.95. The molecule has 3 nitrogen and oxygen atoms in total. The molecule has 4 fully saturated rings. The summed E-state index contributed by atoms with van der Waals surface area (Å²) in [6, 6.07) is 13.6. The molecule has 1 spiro atoms. The lowest BCUT2D eigenvalue weighted by Gasteiger charge is -2.43. The van der Waals surface area contributed by atoms with Crippen molar-refractivity contribution in [3.05, 3.63) is 63.1 Å². The van der Waals surface area contributed by atoms with E-state index in [1.54, 1.807) is 6.07 Å². The highest BCUT2D eigenvalue weighted by Gasteiger charge is 2.76. The second kappa shape index (κ2) is 7.30. The molecule has 0 bridgehead atoms. The van der Waals surface area contributed by atoms with Crippen molar-refractivity contribution < 1.29 is 4.79 Å². The minimum absolute atomic E-state index is 0.0258. The monoisotopic (exact) mass is 474 g/mol. The highest BCUT2D eigenvalue weighted by molar-refractivity contribution is 6.36. The SMILES string of the molecule is O=C(CC1C[C@@H]2CC23C[C@H]13)N1CCN(c2ccc(Cl)cc2Cl)[C@H](c2ccc(Cl)cc2)C1. The van der Waals surface area contributed by atoms with Gasteiger partial charge in [-0.15, -0.1) is 0 Å². The van der Waals surface area contributed by atoms with Crippen LogP contribution < -0.4 is 4.90 Å². The van der Waals surface area contributed by atoms with Gasteiger partial charge < -0.3 is 9.80 Å². The van der Waals surface area contributed by atoms with E-state index in [2.05, 4.69) is 21.9 Å². The van der Waals surface area contributed by atoms with Gasteiger partial charge in [-0.3, -0.25) is 4.79 Å². The van der Waals surface area contributed by atoms with E-state index in [-0.39, 0.29) is 6.04 Å². The zero-order valence-corrected chi connectivity index (χ0v) is 19.5. The van der Waals surface area contributed by atoms with Crippen molar-refractivity contribution >= 4 is 46.4 Å². The molecule has 6 rings (SSSR count). The molecule has 0 radical (unpaired) electrons. The van der Waals surface area contributed by atoms with E-state index in [4.69, 9.17) is 34.8 Å². The van der Waals surface area contributed by atoms with Gasteiger partial charge in [-0.2, -0.15) is 0 Å². The predicted molar refractivity (Wildman–Crippen MR) is 126 cm³/mol. The molecule has 162 valence electrons. The highest BCUT2D eigenvalue weighted by Crippen LogP contribution is 2.83. The van der Waals surface area contributed by atoms with E-state index in [1.165, 1.54) is 19.3 Å². The Morgan fingerprint density at radius 3 is 2.45 bits per heavy atom. The lowest BCUT2D eigenvalue weighted by molar-refractivity contribution is -0.133. The van der Waals surface area contributed by atoms with Crippen molar-refractivity contribution in [2.24, 2.45) is 23.2 Å². The second-order valence-electron chi connectivity index (χ2n) is 9.84. The fraction of sp³-hybridized carbons (Fsp3) is 0.480. The van der Waals surface area contributed by atoms with Crippen molar-refractivity contribution in [3.63, 3.8) is 0 Å². The van der Waals surface area contributed by atoms with E-state index < -0.39 is 0 Å². The van der Waals surface area contributed by atoms with E-state index in [0.29, 0.717) is 45.4 Å². The molecule has 1 saturated heterocycles. The van der Waals surface area contributed by atoms with Crippen molar-refractivity contribution in [2.45, 2.75) is 31.7 Å². The molecular formula is C25H25Cl3N2O. The summed E-state index contributed by atoms with van der Waals surface area (Å²) in [6.45, 7) is 2.11. The standard InChI is InChI=1S/C25H25Cl3N2O/c26-18-3-1-15(2-4-18)23-14-29(7-8-30(23)22-6-5-19(27)11-21(22)28)24(31)10-16-9-17-12-25(17)13-20(16)25/h1-6,11,16-17,20,23H,7-10,12-14H2/t16?,17-,20-,23+,25?/m1/s1. The molecule has 3 saturated carbocycles. The van der Waals surface area contributed by atoms with Crippen molar-refractivity contribution in [2.75, 3.05) is 24.5 Å². The number of carbonyl (C=O) groups is 1. The molecule has 0 aromatic heterocycles. The summed E-state index contributed by atoms with van der Waals surface area (Å²) in [7, 11) is 0. The van der Waals surface area contributed by atoms with Crippen LogP contribution in [0.1, 0.15) is 37.3 Å². The van der Waals surface area contributed by atoms with Crippen LogP contribution in [-0.4, -0.2) is 30.4 Å². The molecule has 1 amide bonds. The van der Waals surface area contributed by atoms with Gasteiger partial charge in [0, 0.05) is 36.1 Å². The van der Waals surface area contributed by atoms with Crippen molar-refractivity contribution in [1.82, 2.24) is 4.90 Å². The van der Waals surface area contributed by atoms with Crippen LogP contribution in [-0.2, 0) is 4.79 Å². The first-order chi connectivity index (χ1) is 14.9. The Hall–Kier alpha value is -1.42. The zero-order valence-electron chi connectivity index (χ0n) is 17.2. The summed E-state index contributed by atoms with van der Waals surface area (Å²) in [5, 5.41) is 1.97. The maximum atomic E-state index is 13.3. The van der Waals surface area contributed by atoms with Crippen LogP contribution in [0.15, 0.2) is 42.5 Å². The van der Waals surface area contributed by atoms with Gasteiger partial charge in [-0.25, -0.2) is 0 Å². The fourth-order valence-electron chi connectivity index (χ4n) is 6.50. The van der Waals surface area contributed by atoms with Crippen LogP contribution in [0.4, 0.5) is 5.69 Å². The summed E-state index contributed by atoms with van der Waals surface area (Å²) < 4.78 is 0. The van der Waals surface area contributed by atoms with E-state index in [1.807, 2.05) is 24.3 Å². The number of nitrogens with zero attached hydrogens (tertiary/aromatic N) is 2.